The molecule has 1 amide bonds. The molecule has 3 saturated heterocycles. The number of aromatic hydroxyl groups is 1. The van der Waals surface area contributed by atoms with E-state index in [-0.39, 0.29) is 5.75 Å². The lowest BCUT2D eigenvalue weighted by Crippen LogP contribution is -2.58. The zero-order valence-electron chi connectivity index (χ0n) is 20.5. The number of aromatic nitrogens is 2. The lowest BCUT2D eigenvalue weighted by Gasteiger charge is -2.47. The molecule has 6 rings (SSSR count). The second-order valence-corrected chi connectivity index (χ2v) is 10.4. The van der Waals surface area contributed by atoms with E-state index in [1.165, 1.54) is 6.42 Å². The third kappa shape index (κ3) is 4.01. The van der Waals surface area contributed by atoms with E-state index in [0.29, 0.717) is 29.1 Å². The Bertz CT molecular complexity index is 1230. The van der Waals surface area contributed by atoms with E-state index in [1.54, 1.807) is 18.3 Å². The summed E-state index contributed by atoms with van der Waals surface area (Å²) in [6.45, 7) is 4.30. The number of nitrogens with zero attached hydrogens (tertiary/aromatic N) is 4. The fourth-order valence-electron chi connectivity index (χ4n) is 6.48. The number of amides is 1. The van der Waals surface area contributed by atoms with Crippen molar-refractivity contribution in [2.45, 2.75) is 37.1 Å². The average molecular weight is 484 g/mol. The standard InChI is InChI=1S/C29H33N5O2/c35-27-11-5-4-10-24(27)25-17-23(19-31-32-25)33-15-12-29(13-16-33,22-8-2-1-3-9-22)28(36)34-14-6-7-21-18-30-20-26(21)34/h1-5,8-11,17,19,21,26,30,35H,6-7,12-16,18,20H2. The number of nitrogens with one attached hydrogen (secondary N) is 1. The van der Waals surface area contributed by atoms with Gasteiger partial charge in [0.25, 0.3) is 0 Å². The summed E-state index contributed by atoms with van der Waals surface area (Å²) in [5.74, 6) is 1.07. The SMILES string of the molecule is O=C(N1CCCC2CNCC21)C1(c2ccccc2)CCN(c2cnnc(-c3ccccc3O)c2)CC1. The zero-order chi connectivity index (χ0) is 24.5. The number of rotatable bonds is 4. The van der Waals surface area contributed by atoms with Gasteiger partial charge in [-0.2, -0.15) is 10.2 Å². The highest BCUT2D eigenvalue weighted by Crippen LogP contribution is 2.41. The highest BCUT2D eigenvalue weighted by Gasteiger charge is 2.48. The summed E-state index contributed by atoms with van der Waals surface area (Å²) in [7, 11) is 0. The molecule has 0 spiro atoms. The minimum absolute atomic E-state index is 0.192. The topological polar surface area (TPSA) is 81.6 Å². The molecule has 0 radical (unpaired) electrons. The van der Waals surface area contributed by atoms with Gasteiger partial charge in [-0.05, 0) is 55.4 Å². The van der Waals surface area contributed by atoms with Crippen LogP contribution in [-0.2, 0) is 10.2 Å². The minimum Gasteiger partial charge on any atom is -0.507 e. The molecule has 1 aromatic heterocycles. The normalized spacial score (nSPS) is 23.3. The summed E-state index contributed by atoms with van der Waals surface area (Å²) in [4.78, 5) is 18.9. The Hall–Kier alpha value is -3.45. The third-order valence-corrected chi connectivity index (χ3v) is 8.48. The molecular formula is C29H33N5O2. The Morgan fingerprint density at radius 1 is 1.00 bits per heavy atom. The number of anilines is 1. The van der Waals surface area contributed by atoms with Crippen molar-refractivity contribution in [3.8, 4) is 17.0 Å². The van der Waals surface area contributed by atoms with Gasteiger partial charge in [-0.1, -0.05) is 42.5 Å². The van der Waals surface area contributed by atoms with Gasteiger partial charge in [0.1, 0.15) is 5.75 Å². The minimum atomic E-state index is -0.511. The van der Waals surface area contributed by atoms with E-state index in [2.05, 4.69) is 49.6 Å². The Morgan fingerprint density at radius 3 is 2.58 bits per heavy atom. The average Bonchev–Trinajstić information content (AvgIpc) is 3.43. The molecule has 2 aromatic carbocycles. The zero-order valence-corrected chi connectivity index (χ0v) is 20.5. The van der Waals surface area contributed by atoms with Crippen LogP contribution in [0.2, 0.25) is 0 Å². The van der Waals surface area contributed by atoms with Gasteiger partial charge in [-0.25, -0.2) is 0 Å². The van der Waals surface area contributed by atoms with Crippen LogP contribution < -0.4 is 10.2 Å². The van der Waals surface area contributed by atoms with Gasteiger partial charge in [0.15, 0.2) is 0 Å². The number of piperidine rings is 2. The predicted octanol–water partition coefficient (Wildman–Crippen LogP) is 3.60. The monoisotopic (exact) mass is 483 g/mol. The van der Waals surface area contributed by atoms with E-state index in [4.69, 9.17) is 0 Å². The van der Waals surface area contributed by atoms with E-state index in [0.717, 1.165) is 63.2 Å². The van der Waals surface area contributed by atoms with Gasteiger partial charge >= 0.3 is 0 Å². The molecule has 2 N–H and O–H groups in total. The highest BCUT2D eigenvalue weighted by molar-refractivity contribution is 5.89. The van der Waals surface area contributed by atoms with Crippen molar-refractivity contribution in [1.29, 1.82) is 0 Å². The number of phenolic OH excluding ortho intramolecular Hbond substituents is 1. The Kier molecular flexibility index (Phi) is 6.09. The van der Waals surface area contributed by atoms with Gasteiger partial charge in [0.2, 0.25) is 5.91 Å². The first kappa shape index (κ1) is 23.0. The van der Waals surface area contributed by atoms with Gasteiger partial charge in [0, 0.05) is 44.3 Å². The lowest BCUT2D eigenvalue weighted by molar-refractivity contribution is -0.142. The maximum absolute atomic E-state index is 14.4. The fraction of sp³-hybridized carbons (Fsp3) is 0.414. The highest BCUT2D eigenvalue weighted by atomic mass is 16.3. The summed E-state index contributed by atoms with van der Waals surface area (Å²) in [5, 5.41) is 22.3. The molecule has 186 valence electrons. The van der Waals surface area contributed by atoms with Gasteiger partial charge in [-0.15, -0.1) is 0 Å². The second kappa shape index (κ2) is 9.54. The van der Waals surface area contributed by atoms with Gasteiger partial charge in [0.05, 0.1) is 23.0 Å². The van der Waals surface area contributed by atoms with E-state index < -0.39 is 5.41 Å². The molecule has 3 fully saturated rings. The number of hydrogen-bond donors (Lipinski definition) is 2. The molecule has 0 aliphatic carbocycles. The largest absolute Gasteiger partial charge is 0.507 e. The lowest BCUT2D eigenvalue weighted by atomic mass is 9.70. The quantitative estimate of drug-likeness (QED) is 0.590. The fourth-order valence-corrected chi connectivity index (χ4v) is 6.48. The predicted molar refractivity (Wildman–Crippen MR) is 140 cm³/mol. The number of hydrogen-bond acceptors (Lipinski definition) is 6. The van der Waals surface area contributed by atoms with Gasteiger partial charge < -0.3 is 20.2 Å². The molecule has 36 heavy (non-hydrogen) atoms. The van der Waals surface area contributed by atoms with Gasteiger partial charge in [-0.3, -0.25) is 4.79 Å². The molecule has 3 aliphatic heterocycles. The van der Waals surface area contributed by atoms with Crippen molar-refractivity contribution in [2.24, 2.45) is 5.92 Å². The first-order chi connectivity index (χ1) is 17.7. The van der Waals surface area contributed by atoms with Crippen LogP contribution in [0.5, 0.6) is 5.75 Å². The van der Waals surface area contributed by atoms with Crippen LogP contribution in [0, 0.1) is 5.92 Å². The molecule has 3 aromatic rings. The van der Waals surface area contributed by atoms with Crippen LogP contribution in [0.15, 0.2) is 66.9 Å². The molecular weight excluding hydrogens is 450 g/mol. The van der Waals surface area contributed by atoms with Crippen LogP contribution in [0.25, 0.3) is 11.3 Å². The van der Waals surface area contributed by atoms with E-state index in [1.807, 2.05) is 24.3 Å². The molecule has 7 heteroatoms. The number of fused-ring (bicyclic) bond motifs is 1. The van der Waals surface area contributed by atoms with Crippen LogP contribution in [0.1, 0.15) is 31.2 Å². The second-order valence-electron chi connectivity index (χ2n) is 10.4. The number of carbonyl (C=O) groups is 1. The molecule has 0 saturated carbocycles. The van der Waals surface area contributed by atoms with E-state index in [9.17, 15) is 9.90 Å². The molecule has 2 unspecified atom stereocenters. The Labute approximate surface area is 212 Å². The van der Waals surface area contributed by atoms with Crippen molar-refractivity contribution >= 4 is 11.6 Å². The Balaban J connectivity index is 1.27. The molecule has 4 heterocycles. The van der Waals surface area contributed by atoms with Crippen molar-refractivity contribution in [1.82, 2.24) is 20.4 Å². The number of carbonyl (C=O) groups excluding carboxylic acids is 1. The summed E-state index contributed by atoms with van der Waals surface area (Å²) in [6, 6.07) is 19.9. The molecule has 3 aliphatic rings. The summed E-state index contributed by atoms with van der Waals surface area (Å²) < 4.78 is 0. The van der Waals surface area contributed by atoms with Crippen molar-refractivity contribution in [2.75, 3.05) is 37.6 Å². The number of benzene rings is 2. The number of phenols is 1. The smallest absolute Gasteiger partial charge is 0.233 e. The number of para-hydroxylation sites is 1. The van der Waals surface area contributed by atoms with Crippen molar-refractivity contribution in [3.05, 3.63) is 72.4 Å². The molecule has 0 bridgehead atoms. The molecule has 7 nitrogen and oxygen atoms in total. The molecule has 2 atom stereocenters. The maximum Gasteiger partial charge on any atom is 0.233 e. The van der Waals surface area contributed by atoms with Crippen LogP contribution in [0.3, 0.4) is 0 Å². The van der Waals surface area contributed by atoms with Crippen molar-refractivity contribution in [3.63, 3.8) is 0 Å². The van der Waals surface area contributed by atoms with E-state index >= 15 is 0 Å². The summed E-state index contributed by atoms with van der Waals surface area (Å²) >= 11 is 0. The van der Waals surface area contributed by atoms with Crippen LogP contribution in [-0.4, -0.2) is 64.9 Å². The maximum atomic E-state index is 14.4. The van der Waals surface area contributed by atoms with Crippen LogP contribution >= 0.6 is 0 Å². The van der Waals surface area contributed by atoms with Crippen LogP contribution in [0.4, 0.5) is 5.69 Å². The first-order valence-corrected chi connectivity index (χ1v) is 13.1. The van der Waals surface area contributed by atoms with Crippen molar-refractivity contribution < 1.29 is 9.90 Å². The number of likely N-dealkylation sites (tertiary alicyclic amines) is 1. The third-order valence-electron chi connectivity index (χ3n) is 8.48. The Morgan fingerprint density at radius 2 is 1.78 bits per heavy atom. The summed E-state index contributed by atoms with van der Waals surface area (Å²) in [5.41, 5.74) is 2.90. The summed E-state index contributed by atoms with van der Waals surface area (Å²) in [6.07, 6.45) is 5.59. The first-order valence-electron chi connectivity index (χ1n) is 13.1.